The van der Waals surface area contributed by atoms with Crippen molar-refractivity contribution in [1.29, 1.82) is 0 Å². The number of quaternary nitrogens is 1. The predicted octanol–water partition coefficient (Wildman–Crippen LogP) is 20.9. The summed E-state index contributed by atoms with van der Waals surface area (Å²) in [5, 5.41) is 13.9. The van der Waals surface area contributed by atoms with Gasteiger partial charge in [-0.15, -0.1) is 0 Å². The summed E-state index contributed by atoms with van der Waals surface area (Å²) in [5.41, 5.74) is 0. The molecule has 0 saturated carbocycles. The summed E-state index contributed by atoms with van der Waals surface area (Å²) in [5.74, 6) is -0.213. The number of amides is 1. The van der Waals surface area contributed by atoms with Crippen LogP contribution in [0.5, 0.6) is 0 Å². The number of unbranched alkanes of at least 4 members (excludes halogenated alkanes) is 32. The van der Waals surface area contributed by atoms with Crippen LogP contribution < -0.4 is 10.2 Å². The third-order valence-electron chi connectivity index (χ3n) is 14.7. The Kier molecular flexibility index (Phi) is 59.5. The number of aliphatic hydroxyl groups is 1. The molecule has 0 rings (SSSR count). The van der Waals surface area contributed by atoms with Crippen LogP contribution in [0.3, 0.4) is 0 Å². The molecule has 8 nitrogen and oxygen atoms in total. The third kappa shape index (κ3) is 64.6. The SMILES string of the molecule is CC/C=C\C/C=C\C/C=C\C/C=C\C/C=C\C/C=C\CCCCCCCCCCCCCCCCC(=O)NC(COP(=O)([O-])OCC[N+](C)(C)C)C(O)/C=C/CC/C=C/CC/C=C/CCCCCCCCCCCCCCCCCC. The van der Waals surface area contributed by atoms with Crippen LogP contribution in [0.1, 0.15) is 290 Å². The normalized spacial score (nSPS) is 14.4. The van der Waals surface area contributed by atoms with Crippen LogP contribution in [-0.2, 0) is 18.4 Å². The van der Waals surface area contributed by atoms with Crippen molar-refractivity contribution in [3.63, 3.8) is 0 Å². The topological polar surface area (TPSA) is 108 Å². The molecule has 0 aromatic heterocycles. The van der Waals surface area contributed by atoms with Gasteiger partial charge in [0.1, 0.15) is 13.2 Å². The van der Waals surface area contributed by atoms with Gasteiger partial charge in [0.25, 0.3) is 7.82 Å². The number of hydrogen-bond donors (Lipinski definition) is 2. The van der Waals surface area contributed by atoms with E-state index in [9.17, 15) is 19.4 Å². The number of aliphatic hydroxyl groups excluding tert-OH is 1. The zero-order valence-electron chi connectivity index (χ0n) is 53.5. The lowest BCUT2D eigenvalue weighted by atomic mass is 10.0. The van der Waals surface area contributed by atoms with Gasteiger partial charge in [0.2, 0.25) is 5.91 Å². The van der Waals surface area contributed by atoms with E-state index in [1.54, 1.807) is 6.08 Å². The molecule has 3 unspecified atom stereocenters. The fourth-order valence-electron chi connectivity index (χ4n) is 9.48. The molecule has 0 aliphatic heterocycles. The molecule has 0 radical (unpaired) electrons. The summed E-state index contributed by atoms with van der Waals surface area (Å²) < 4.78 is 23.4. The molecule has 0 aliphatic carbocycles. The van der Waals surface area contributed by atoms with Gasteiger partial charge in [-0.05, 0) is 96.3 Å². The predicted molar refractivity (Wildman–Crippen MR) is 352 cm³/mol. The molecule has 2 N–H and O–H groups in total. The Bertz CT molecular complexity index is 1690. The Labute approximate surface area is 501 Å². The zero-order chi connectivity index (χ0) is 59.1. The molecule has 468 valence electrons. The first-order valence-corrected chi connectivity index (χ1v) is 35.2. The molecule has 0 bridgehead atoms. The Morgan fingerprint density at radius 3 is 1.15 bits per heavy atom. The van der Waals surface area contributed by atoms with Gasteiger partial charge in [-0.3, -0.25) is 9.36 Å². The van der Waals surface area contributed by atoms with Gasteiger partial charge in [-0.2, -0.15) is 0 Å². The lowest BCUT2D eigenvalue weighted by Crippen LogP contribution is -2.45. The molecule has 81 heavy (non-hydrogen) atoms. The monoisotopic (exact) mass is 1150 g/mol. The fourth-order valence-corrected chi connectivity index (χ4v) is 10.2. The number of phosphoric ester groups is 1. The minimum Gasteiger partial charge on any atom is -0.756 e. The summed E-state index contributed by atoms with van der Waals surface area (Å²) in [7, 11) is 1.23. The van der Waals surface area contributed by atoms with Crippen LogP contribution in [0.25, 0.3) is 0 Å². The average molecular weight is 1150 g/mol. The van der Waals surface area contributed by atoms with E-state index >= 15 is 0 Å². The molecular weight excluding hydrogens is 1020 g/mol. The van der Waals surface area contributed by atoms with Crippen molar-refractivity contribution >= 4 is 13.7 Å². The first-order chi connectivity index (χ1) is 39.5. The second-order valence-electron chi connectivity index (χ2n) is 23.8. The van der Waals surface area contributed by atoms with Crippen LogP contribution in [0.4, 0.5) is 0 Å². The minimum atomic E-state index is -4.62. The van der Waals surface area contributed by atoms with Crippen LogP contribution in [0.15, 0.2) is 109 Å². The van der Waals surface area contributed by atoms with E-state index in [-0.39, 0.29) is 12.5 Å². The lowest BCUT2D eigenvalue weighted by molar-refractivity contribution is -0.870. The highest BCUT2D eigenvalue weighted by atomic mass is 31.2. The van der Waals surface area contributed by atoms with Crippen molar-refractivity contribution in [3.05, 3.63) is 109 Å². The minimum absolute atomic E-state index is 0.0130. The number of rotatable bonds is 61. The first-order valence-electron chi connectivity index (χ1n) is 33.7. The maximum Gasteiger partial charge on any atom is 0.268 e. The highest BCUT2D eigenvalue weighted by molar-refractivity contribution is 7.45. The van der Waals surface area contributed by atoms with E-state index in [2.05, 4.69) is 116 Å². The van der Waals surface area contributed by atoms with Crippen LogP contribution >= 0.6 is 7.82 Å². The Morgan fingerprint density at radius 2 is 0.765 bits per heavy atom. The van der Waals surface area contributed by atoms with Gasteiger partial charge < -0.3 is 28.8 Å². The number of carbonyl (C=O) groups is 1. The van der Waals surface area contributed by atoms with E-state index < -0.39 is 26.6 Å². The third-order valence-corrected chi connectivity index (χ3v) is 15.7. The summed E-state index contributed by atoms with van der Waals surface area (Å²) >= 11 is 0. The molecular formula is C72H129N2O6P. The van der Waals surface area contributed by atoms with Crippen LogP contribution in [-0.4, -0.2) is 68.5 Å². The maximum atomic E-state index is 13.0. The summed E-state index contributed by atoms with van der Waals surface area (Å²) in [6, 6.07) is -0.918. The second kappa shape index (κ2) is 61.7. The molecule has 3 atom stereocenters. The fraction of sp³-hybridized carbons (Fsp3) is 0.736. The van der Waals surface area contributed by atoms with Gasteiger partial charge in [-0.1, -0.05) is 297 Å². The molecule has 0 aromatic rings. The number of nitrogens with one attached hydrogen (secondary N) is 1. The van der Waals surface area contributed by atoms with Gasteiger partial charge >= 0.3 is 0 Å². The standard InChI is InChI=1S/C72H129N2O6P/c1-6-8-10-12-14-16-18-20-22-24-26-28-30-32-34-35-36-37-38-39-40-42-44-46-48-50-52-54-56-58-60-62-64-66-72(76)73-70(69-80-81(77,78)79-68-67-74(3,4)5)71(75)65-63-61-59-57-55-53-51-49-47-45-43-41-33-31-29-27-25-23-21-19-17-15-13-11-9-7-2/h8,10,14,16,20,22,26,28,32,34,36-37,47,49,55,57,63,65,70-71,75H,6-7,9,11-13,15,17-19,21,23-25,27,29-31,33,35,38-46,48,50-54,56,58-62,64,66-69H2,1-5H3,(H-,73,76,77,78)/b10-8-,16-14-,22-20-,28-26-,34-32-,37-36-,49-47+,57-55+,65-63+. The summed E-state index contributed by atoms with van der Waals surface area (Å²) in [4.78, 5) is 25.6. The Balaban J connectivity index is 4.17. The number of hydrogen-bond acceptors (Lipinski definition) is 6. The lowest BCUT2D eigenvalue weighted by Gasteiger charge is -2.29. The molecule has 9 heteroatoms. The molecule has 1 amide bonds. The molecule has 0 heterocycles. The molecule has 0 aromatic carbocycles. The van der Waals surface area contributed by atoms with Gasteiger partial charge in [0.05, 0.1) is 39.9 Å². The summed E-state index contributed by atoms with van der Waals surface area (Å²) in [6.07, 6.45) is 90.6. The number of nitrogens with zero attached hydrogens (tertiary/aromatic N) is 1. The van der Waals surface area contributed by atoms with Crippen molar-refractivity contribution < 1.29 is 32.9 Å². The Morgan fingerprint density at radius 1 is 0.444 bits per heavy atom. The second-order valence-corrected chi connectivity index (χ2v) is 25.2. The van der Waals surface area contributed by atoms with Crippen molar-refractivity contribution in [2.75, 3.05) is 40.9 Å². The summed E-state index contributed by atoms with van der Waals surface area (Å²) in [6.45, 7) is 4.53. The van der Waals surface area contributed by atoms with Crippen molar-refractivity contribution in [2.24, 2.45) is 0 Å². The van der Waals surface area contributed by atoms with Gasteiger partial charge in [0.15, 0.2) is 0 Å². The van der Waals surface area contributed by atoms with Crippen molar-refractivity contribution in [1.82, 2.24) is 5.32 Å². The van der Waals surface area contributed by atoms with Crippen molar-refractivity contribution in [2.45, 2.75) is 302 Å². The quantitative estimate of drug-likeness (QED) is 0.0272. The number of carbonyl (C=O) groups excluding carboxylic acids is 1. The first kappa shape index (κ1) is 78.2. The molecule has 0 spiro atoms. The molecule has 0 aliphatic rings. The maximum absolute atomic E-state index is 13.0. The average Bonchev–Trinajstić information content (AvgIpc) is 3.43. The van der Waals surface area contributed by atoms with Crippen LogP contribution in [0.2, 0.25) is 0 Å². The van der Waals surface area contributed by atoms with E-state index in [0.29, 0.717) is 17.4 Å². The van der Waals surface area contributed by atoms with E-state index in [1.165, 1.54) is 186 Å². The van der Waals surface area contributed by atoms with E-state index in [4.69, 9.17) is 9.05 Å². The zero-order valence-corrected chi connectivity index (χ0v) is 54.4. The highest BCUT2D eigenvalue weighted by Gasteiger charge is 2.23. The highest BCUT2D eigenvalue weighted by Crippen LogP contribution is 2.38. The Hall–Kier alpha value is -2.84. The molecule has 0 saturated heterocycles. The number of allylic oxidation sites excluding steroid dienone is 17. The van der Waals surface area contributed by atoms with E-state index in [0.717, 1.165) is 83.5 Å². The molecule has 0 fully saturated rings. The van der Waals surface area contributed by atoms with Gasteiger partial charge in [0, 0.05) is 6.42 Å². The van der Waals surface area contributed by atoms with Crippen LogP contribution in [0, 0.1) is 0 Å². The smallest absolute Gasteiger partial charge is 0.268 e. The van der Waals surface area contributed by atoms with E-state index in [1.807, 2.05) is 27.2 Å². The number of phosphoric acid groups is 1. The number of likely N-dealkylation sites (N-methyl/N-ethyl adjacent to an activating group) is 1. The largest absolute Gasteiger partial charge is 0.756 e. The van der Waals surface area contributed by atoms with Crippen molar-refractivity contribution in [3.8, 4) is 0 Å². The van der Waals surface area contributed by atoms with Gasteiger partial charge in [-0.25, -0.2) is 0 Å².